The van der Waals surface area contributed by atoms with Crippen LogP contribution in [0.25, 0.3) is 16.7 Å². The van der Waals surface area contributed by atoms with Gasteiger partial charge in [0.25, 0.3) is 0 Å². The molecule has 1 fully saturated rings. The van der Waals surface area contributed by atoms with E-state index in [9.17, 15) is 13.2 Å². The van der Waals surface area contributed by atoms with E-state index in [0.29, 0.717) is 31.3 Å². The number of sulfone groups is 1. The zero-order valence-electron chi connectivity index (χ0n) is 23.1. The molecule has 2 aliphatic rings. The molecule has 0 unspecified atom stereocenters. The van der Waals surface area contributed by atoms with Crippen LogP contribution in [-0.4, -0.2) is 74.5 Å². The SMILES string of the molecule is CS(=O)(=O)CCCOc1cccc2c1ccn2-c1ccnc(N[C@H]2CC[C@H](C(=O)N3CCn4ccnc4C3)CC2)n1. The van der Waals surface area contributed by atoms with E-state index in [2.05, 4.69) is 19.9 Å². The lowest BCUT2D eigenvalue weighted by Gasteiger charge is -2.34. The normalized spacial score (nSPS) is 19.2. The highest BCUT2D eigenvalue weighted by molar-refractivity contribution is 7.90. The third-order valence-corrected chi connectivity index (χ3v) is 8.99. The van der Waals surface area contributed by atoms with Gasteiger partial charge in [0, 0.05) is 61.5 Å². The molecule has 216 valence electrons. The van der Waals surface area contributed by atoms with Gasteiger partial charge in [-0.2, -0.15) is 4.98 Å². The molecule has 0 saturated heterocycles. The Kier molecular flexibility index (Phi) is 7.65. The number of hydrogen-bond donors (Lipinski definition) is 1. The van der Waals surface area contributed by atoms with E-state index in [4.69, 9.17) is 9.72 Å². The second kappa shape index (κ2) is 11.5. The van der Waals surface area contributed by atoms with Crippen molar-refractivity contribution in [1.29, 1.82) is 0 Å². The zero-order chi connectivity index (χ0) is 28.4. The number of fused-ring (bicyclic) bond motifs is 2. The summed E-state index contributed by atoms with van der Waals surface area (Å²) in [5.41, 5.74) is 0.939. The predicted molar refractivity (Wildman–Crippen MR) is 156 cm³/mol. The minimum absolute atomic E-state index is 0.0517. The van der Waals surface area contributed by atoms with Crippen LogP contribution in [0.1, 0.15) is 37.9 Å². The van der Waals surface area contributed by atoms with Crippen LogP contribution in [0.4, 0.5) is 5.95 Å². The summed E-state index contributed by atoms with van der Waals surface area (Å²) in [6.45, 7) is 2.47. The third-order valence-electron chi connectivity index (χ3n) is 7.96. The standard InChI is InChI=1S/C29H35N7O4S/c1-41(38,39)19-3-18-40-25-5-2-4-24-23(25)11-14-36(24)26-10-12-31-29(33-26)32-22-8-6-21(7-9-22)28(37)35-17-16-34-15-13-30-27(34)20-35/h2,4-5,10-15,21-22H,3,6-9,16-20H2,1H3,(H,31,32,33)/t21-,22-. The Hall–Kier alpha value is -3.93. The first-order chi connectivity index (χ1) is 19.8. The molecule has 12 heteroatoms. The fourth-order valence-electron chi connectivity index (χ4n) is 5.81. The summed E-state index contributed by atoms with van der Waals surface area (Å²) in [6.07, 6.45) is 12.6. The first-order valence-corrected chi connectivity index (χ1v) is 16.2. The average molecular weight is 578 g/mol. The Balaban J connectivity index is 1.06. The van der Waals surface area contributed by atoms with Crippen molar-refractivity contribution in [3.05, 3.63) is 60.9 Å². The van der Waals surface area contributed by atoms with Crippen LogP contribution in [0.5, 0.6) is 5.75 Å². The van der Waals surface area contributed by atoms with E-state index in [-0.39, 0.29) is 23.6 Å². The van der Waals surface area contributed by atoms with E-state index in [1.54, 1.807) is 12.4 Å². The van der Waals surface area contributed by atoms with Crippen LogP contribution in [0, 0.1) is 5.92 Å². The maximum atomic E-state index is 13.2. The molecule has 3 aromatic heterocycles. The first kappa shape index (κ1) is 27.3. The number of hydrogen-bond acceptors (Lipinski definition) is 8. The lowest BCUT2D eigenvalue weighted by molar-refractivity contribution is -0.138. The highest BCUT2D eigenvalue weighted by Gasteiger charge is 2.31. The molecule has 6 rings (SSSR count). The van der Waals surface area contributed by atoms with Crippen LogP contribution in [0.3, 0.4) is 0 Å². The molecule has 1 aliphatic heterocycles. The monoisotopic (exact) mass is 577 g/mol. The van der Waals surface area contributed by atoms with Crippen LogP contribution in [0.2, 0.25) is 0 Å². The van der Waals surface area contributed by atoms with E-state index in [0.717, 1.165) is 61.3 Å². The lowest BCUT2D eigenvalue weighted by atomic mass is 9.85. The number of imidazole rings is 1. The minimum Gasteiger partial charge on any atom is -0.493 e. The van der Waals surface area contributed by atoms with Crippen LogP contribution < -0.4 is 10.1 Å². The predicted octanol–water partition coefficient (Wildman–Crippen LogP) is 3.44. The second-order valence-electron chi connectivity index (χ2n) is 10.9. The summed E-state index contributed by atoms with van der Waals surface area (Å²) < 4.78 is 32.8. The number of ether oxygens (including phenoxy) is 1. The number of amides is 1. The van der Waals surface area contributed by atoms with Crippen LogP contribution >= 0.6 is 0 Å². The molecule has 1 saturated carbocycles. The Morgan fingerprint density at radius 2 is 1.90 bits per heavy atom. The van der Waals surface area contributed by atoms with Crippen LogP contribution in [-0.2, 0) is 27.7 Å². The fourth-order valence-corrected chi connectivity index (χ4v) is 6.45. The highest BCUT2D eigenvalue weighted by Crippen LogP contribution is 2.30. The van der Waals surface area contributed by atoms with Gasteiger partial charge in [-0.25, -0.2) is 18.4 Å². The highest BCUT2D eigenvalue weighted by atomic mass is 32.2. The van der Waals surface area contributed by atoms with Crippen molar-refractivity contribution in [3.8, 4) is 11.6 Å². The zero-order valence-corrected chi connectivity index (χ0v) is 24.0. The number of benzene rings is 1. The van der Waals surface area contributed by atoms with Gasteiger partial charge in [0.2, 0.25) is 11.9 Å². The maximum Gasteiger partial charge on any atom is 0.226 e. The van der Waals surface area contributed by atoms with Gasteiger partial charge in [-0.1, -0.05) is 6.07 Å². The molecular weight excluding hydrogens is 542 g/mol. The summed E-state index contributed by atoms with van der Waals surface area (Å²) in [6, 6.07) is 9.86. The number of rotatable bonds is 9. The van der Waals surface area contributed by atoms with Gasteiger partial charge in [0.15, 0.2) is 0 Å². The number of nitrogens with zero attached hydrogens (tertiary/aromatic N) is 6. The van der Waals surface area contributed by atoms with Crippen molar-refractivity contribution in [1.82, 2.24) is 29.0 Å². The molecule has 1 amide bonds. The van der Waals surface area contributed by atoms with Gasteiger partial charge < -0.3 is 24.1 Å². The Labute approximate surface area is 239 Å². The van der Waals surface area contributed by atoms with E-state index < -0.39 is 9.84 Å². The molecular formula is C29H35N7O4S. The fraction of sp³-hybridized carbons (Fsp3) is 0.448. The molecule has 1 aliphatic carbocycles. The molecule has 41 heavy (non-hydrogen) atoms. The summed E-state index contributed by atoms with van der Waals surface area (Å²) in [4.78, 5) is 28.8. The lowest BCUT2D eigenvalue weighted by Crippen LogP contribution is -2.43. The molecule has 0 radical (unpaired) electrons. The second-order valence-corrected chi connectivity index (χ2v) is 13.2. The summed E-state index contributed by atoms with van der Waals surface area (Å²) in [5.74, 6) is 3.37. The quantitative estimate of drug-likeness (QED) is 0.300. The van der Waals surface area contributed by atoms with Crippen molar-refractivity contribution >= 4 is 32.6 Å². The largest absolute Gasteiger partial charge is 0.493 e. The van der Waals surface area contributed by atoms with Gasteiger partial charge in [-0.3, -0.25) is 4.79 Å². The van der Waals surface area contributed by atoms with Crippen molar-refractivity contribution < 1.29 is 17.9 Å². The van der Waals surface area contributed by atoms with E-state index in [1.807, 2.05) is 52.2 Å². The Morgan fingerprint density at radius 3 is 2.73 bits per heavy atom. The van der Waals surface area contributed by atoms with Crippen LogP contribution in [0.15, 0.2) is 55.1 Å². The van der Waals surface area contributed by atoms with Gasteiger partial charge in [0.05, 0.1) is 24.4 Å². The topological polar surface area (TPSA) is 124 Å². The van der Waals surface area contributed by atoms with Gasteiger partial charge in [-0.15, -0.1) is 0 Å². The Morgan fingerprint density at radius 1 is 1.05 bits per heavy atom. The van der Waals surface area contributed by atoms with Gasteiger partial charge in [0.1, 0.15) is 27.2 Å². The molecule has 4 aromatic rings. The summed E-state index contributed by atoms with van der Waals surface area (Å²) >= 11 is 0. The molecule has 0 spiro atoms. The number of carbonyl (C=O) groups excluding carboxylic acids is 1. The first-order valence-electron chi connectivity index (χ1n) is 14.1. The maximum absolute atomic E-state index is 13.2. The summed E-state index contributed by atoms with van der Waals surface area (Å²) in [5, 5.41) is 4.42. The molecule has 0 bridgehead atoms. The number of carbonyl (C=O) groups is 1. The van der Waals surface area contributed by atoms with E-state index >= 15 is 0 Å². The third kappa shape index (κ3) is 6.22. The van der Waals surface area contributed by atoms with Crippen molar-refractivity contribution in [2.24, 2.45) is 5.92 Å². The molecule has 4 heterocycles. The minimum atomic E-state index is -3.01. The van der Waals surface area contributed by atoms with Crippen molar-refractivity contribution in [3.63, 3.8) is 0 Å². The molecule has 11 nitrogen and oxygen atoms in total. The van der Waals surface area contributed by atoms with Crippen molar-refractivity contribution in [2.75, 3.05) is 30.5 Å². The number of aromatic nitrogens is 5. The number of anilines is 1. The smallest absolute Gasteiger partial charge is 0.226 e. The van der Waals surface area contributed by atoms with Gasteiger partial charge >= 0.3 is 0 Å². The van der Waals surface area contributed by atoms with Gasteiger partial charge in [-0.05, 0) is 56.4 Å². The summed E-state index contributed by atoms with van der Waals surface area (Å²) in [7, 11) is -3.01. The molecule has 1 aromatic carbocycles. The average Bonchev–Trinajstić information content (AvgIpc) is 3.62. The Bertz CT molecular complexity index is 1640. The van der Waals surface area contributed by atoms with Crippen molar-refractivity contribution in [2.45, 2.75) is 51.2 Å². The molecule has 1 N–H and O–H groups in total. The molecule has 0 atom stereocenters. The number of nitrogens with one attached hydrogen (secondary N) is 1. The van der Waals surface area contributed by atoms with E-state index in [1.165, 1.54) is 6.26 Å².